The van der Waals surface area contributed by atoms with Crippen LogP contribution in [-0.2, 0) is 4.74 Å². The standard InChI is InChI=1S/C13H20N4O2/c1-4-6-14-12(18)11-9-10(2)16-13(17-11)15-7-5-8-19-3/h4,9H,1,5-8H2,2-3H3,(H,14,18)(H,15,16,17). The molecular formula is C13H20N4O2. The normalized spacial score (nSPS) is 10.0. The van der Waals surface area contributed by atoms with Crippen molar-refractivity contribution in [2.24, 2.45) is 0 Å². The van der Waals surface area contributed by atoms with Crippen molar-refractivity contribution in [1.29, 1.82) is 0 Å². The zero-order valence-electron chi connectivity index (χ0n) is 11.4. The molecule has 0 saturated heterocycles. The third-order valence-electron chi connectivity index (χ3n) is 2.30. The molecule has 6 nitrogen and oxygen atoms in total. The number of aromatic nitrogens is 2. The van der Waals surface area contributed by atoms with Gasteiger partial charge in [0.25, 0.3) is 5.91 Å². The first-order valence-electron chi connectivity index (χ1n) is 6.15. The quantitative estimate of drug-likeness (QED) is 0.544. The number of rotatable bonds is 8. The van der Waals surface area contributed by atoms with E-state index in [1.54, 1.807) is 19.3 Å². The molecule has 19 heavy (non-hydrogen) atoms. The van der Waals surface area contributed by atoms with Gasteiger partial charge in [0, 0.05) is 32.5 Å². The molecule has 0 bridgehead atoms. The number of hydrogen-bond acceptors (Lipinski definition) is 5. The molecule has 1 rings (SSSR count). The number of ether oxygens (including phenoxy) is 1. The van der Waals surface area contributed by atoms with Crippen molar-refractivity contribution in [2.75, 3.05) is 32.1 Å². The van der Waals surface area contributed by atoms with Gasteiger partial charge in [-0.15, -0.1) is 6.58 Å². The van der Waals surface area contributed by atoms with Crippen LogP contribution in [0.2, 0.25) is 0 Å². The number of hydrogen-bond donors (Lipinski definition) is 2. The molecule has 0 aliphatic rings. The first kappa shape index (κ1) is 15.1. The largest absolute Gasteiger partial charge is 0.385 e. The van der Waals surface area contributed by atoms with Crippen molar-refractivity contribution in [1.82, 2.24) is 15.3 Å². The van der Waals surface area contributed by atoms with Crippen LogP contribution in [0.25, 0.3) is 0 Å². The number of carbonyl (C=O) groups excluding carboxylic acids is 1. The fourth-order valence-corrected chi connectivity index (χ4v) is 1.44. The van der Waals surface area contributed by atoms with E-state index in [1.165, 1.54) is 0 Å². The van der Waals surface area contributed by atoms with Gasteiger partial charge in [0.1, 0.15) is 5.69 Å². The maximum absolute atomic E-state index is 11.8. The number of nitrogens with one attached hydrogen (secondary N) is 2. The van der Waals surface area contributed by atoms with Gasteiger partial charge in [-0.1, -0.05) is 6.08 Å². The highest BCUT2D eigenvalue weighted by Crippen LogP contribution is 2.05. The van der Waals surface area contributed by atoms with Gasteiger partial charge in [0.15, 0.2) is 0 Å². The van der Waals surface area contributed by atoms with E-state index in [0.717, 1.165) is 12.1 Å². The molecule has 0 unspecified atom stereocenters. The van der Waals surface area contributed by atoms with E-state index < -0.39 is 0 Å². The van der Waals surface area contributed by atoms with Crippen LogP contribution in [0.4, 0.5) is 5.95 Å². The van der Waals surface area contributed by atoms with Crippen LogP contribution in [0.3, 0.4) is 0 Å². The highest BCUT2D eigenvalue weighted by Gasteiger charge is 2.09. The number of amides is 1. The Morgan fingerprint density at radius 3 is 3.00 bits per heavy atom. The summed E-state index contributed by atoms with van der Waals surface area (Å²) in [7, 11) is 1.66. The molecule has 0 radical (unpaired) electrons. The van der Waals surface area contributed by atoms with Gasteiger partial charge < -0.3 is 15.4 Å². The average Bonchev–Trinajstić information content (AvgIpc) is 2.40. The lowest BCUT2D eigenvalue weighted by Gasteiger charge is -2.08. The molecule has 6 heteroatoms. The number of nitrogens with zero attached hydrogens (tertiary/aromatic N) is 2. The highest BCUT2D eigenvalue weighted by molar-refractivity contribution is 5.92. The molecule has 0 atom stereocenters. The smallest absolute Gasteiger partial charge is 0.270 e. The maximum atomic E-state index is 11.8. The summed E-state index contributed by atoms with van der Waals surface area (Å²) in [5.41, 5.74) is 1.09. The molecule has 0 aliphatic heterocycles. The van der Waals surface area contributed by atoms with Gasteiger partial charge >= 0.3 is 0 Å². The van der Waals surface area contributed by atoms with E-state index in [9.17, 15) is 4.79 Å². The molecule has 1 aromatic heterocycles. The summed E-state index contributed by atoms with van der Waals surface area (Å²) in [6.07, 6.45) is 2.47. The SMILES string of the molecule is C=CCNC(=O)c1cc(C)nc(NCCCOC)n1. The Balaban J connectivity index is 2.65. The van der Waals surface area contributed by atoms with Gasteiger partial charge in [-0.05, 0) is 19.4 Å². The summed E-state index contributed by atoms with van der Waals surface area (Å²) in [5, 5.41) is 5.75. The van der Waals surface area contributed by atoms with Crippen LogP contribution in [0.1, 0.15) is 22.6 Å². The van der Waals surface area contributed by atoms with Gasteiger partial charge in [-0.2, -0.15) is 0 Å². The highest BCUT2D eigenvalue weighted by atomic mass is 16.5. The van der Waals surface area contributed by atoms with E-state index in [4.69, 9.17) is 4.74 Å². The van der Waals surface area contributed by atoms with Crippen LogP contribution in [-0.4, -0.2) is 42.7 Å². The third-order valence-corrected chi connectivity index (χ3v) is 2.30. The van der Waals surface area contributed by atoms with Crippen molar-refractivity contribution in [3.05, 3.63) is 30.1 Å². The van der Waals surface area contributed by atoms with Crippen LogP contribution in [0, 0.1) is 6.92 Å². The summed E-state index contributed by atoms with van der Waals surface area (Å²) < 4.78 is 4.96. The minimum Gasteiger partial charge on any atom is -0.385 e. The Morgan fingerprint density at radius 2 is 2.32 bits per heavy atom. The fourth-order valence-electron chi connectivity index (χ4n) is 1.44. The van der Waals surface area contributed by atoms with E-state index >= 15 is 0 Å². The Hall–Kier alpha value is -1.95. The molecular weight excluding hydrogens is 244 g/mol. The van der Waals surface area contributed by atoms with Crippen LogP contribution >= 0.6 is 0 Å². The van der Waals surface area contributed by atoms with E-state index in [0.29, 0.717) is 31.3 Å². The summed E-state index contributed by atoms with van der Waals surface area (Å²) in [4.78, 5) is 20.2. The molecule has 2 N–H and O–H groups in total. The molecule has 104 valence electrons. The number of aryl methyl sites for hydroxylation is 1. The van der Waals surface area contributed by atoms with Gasteiger partial charge in [0.2, 0.25) is 5.95 Å². The predicted molar refractivity (Wildman–Crippen MR) is 74.3 cm³/mol. The molecule has 0 aromatic carbocycles. The number of anilines is 1. The first-order chi connectivity index (χ1) is 9.17. The maximum Gasteiger partial charge on any atom is 0.270 e. The van der Waals surface area contributed by atoms with Crippen molar-refractivity contribution >= 4 is 11.9 Å². The monoisotopic (exact) mass is 264 g/mol. The zero-order valence-corrected chi connectivity index (χ0v) is 11.4. The fraction of sp³-hybridized carbons (Fsp3) is 0.462. The number of carbonyl (C=O) groups is 1. The Morgan fingerprint density at radius 1 is 1.53 bits per heavy atom. The molecule has 0 fully saturated rings. The van der Waals surface area contributed by atoms with Gasteiger partial charge in [-0.25, -0.2) is 9.97 Å². The van der Waals surface area contributed by atoms with Gasteiger partial charge in [-0.3, -0.25) is 4.79 Å². The third kappa shape index (κ3) is 5.48. The van der Waals surface area contributed by atoms with Crippen molar-refractivity contribution < 1.29 is 9.53 Å². The average molecular weight is 264 g/mol. The summed E-state index contributed by atoms with van der Waals surface area (Å²) in [5.74, 6) is 0.227. The second-order valence-corrected chi connectivity index (χ2v) is 3.99. The second-order valence-electron chi connectivity index (χ2n) is 3.99. The molecule has 1 aromatic rings. The Bertz CT molecular complexity index is 435. The van der Waals surface area contributed by atoms with Crippen molar-refractivity contribution in [3.8, 4) is 0 Å². The summed E-state index contributed by atoms with van der Waals surface area (Å²) in [6, 6.07) is 1.65. The van der Waals surface area contributed by atoms with Gasteiger partial charge in [0.05, 0.1) is 0 Å². The van der Waals surface area contributed by atoms with Crippen LogP contribution in [0.5, 0.6) is 0 Å². The summed E-state index contributed by atoms with van der Waals surface area (Å²) >= 11 is 0. The predicted octanol–water partition coefficient (Wildman–Crippen LogP) is 1.15. The van der Waals surface area contributed by atoms with Crippen molar-refractivity contribution in [3.63, 3.8) is 0 Å². The minimum atomic E-state index is -0.231. The topological polar surface area (TPSA) is 76.1 Å². The van der Waals surface area contributed by atoms with Crippen LogP contribution in [0.15, 0.2) is 18.7 Å². The van der Waals surface area contributed by atoms with E-state index in [-0.39, 0.29) is 5.91 Å². The molecule has 1 heterocycles. The first-order valence-corrected chi connectivity index (χ1v) is 6.15. The van der Waals surface area contributed by atoms with E-state index in [1.807, 2.05) is 6.92 Å². The van der Waals surface area contributed by atoms with Crippen LogP contribution < -0.4 is 10.6 Å². The lowest BCUT2D eigenvalue weighted by atomic mass is 10.3. The minimum absolute atomic E-state index is 0.231. The zero-order chi connectivity index (χ0) is 14.1. The Labute approximate surface area is 113 Å². The molecule has 0 spiro atoms. The lowest BCUT2D eigenvalue weighted by molar-refractivity contribution is 0.0953. The molecule has 0 saturated carbocycles. The second kappa shape index (κ2) is 8.20. The van der Waals surface area contributed by atoms with E-state index in [2.05, 4.69) is 27.2 Å². The molecule has 1 amide bonds. The number of methoxy groups -OCH3 is 1. The lowest BCUT2D eigenvalue weighted by Crippen LogP contribution is -2.25. The molecule has 0 aliphatic carbocycles. The Kier molecular flexibility index (Phi) is 6.52. The summed E-state index contributed by atoms with van der Waals surface area (Å²) in [6.45, 7) is 7.16. The van der Waals surface area contributed by atoms with Crippen molar-refractivity contribution in [2.45, 2.75) is 13.3 Å².